The van der Waals surface area contributed by atoms with Crippen LogP contribution in [-0.2, 0) is 14.3 Å². The van der Waals surface area contributed by atoms with Crippen LogP contribution in [0.3, 0.4) is 0 Å². The van der Waals surface area contributed by atoms with Crippen LogP contribution >= 0.6 is 0 Å². The molecule has 2 heterocycles. The lowest BCUT2D eigenvalue weighted by molar-refractivity contribution is -0.140. The number of ether oxygens (including phenoxy) is 2. The molecule has 1 amide bonds. The second-order valence-corrected chi connectivity index (χ2v) is 7.76. The van der Waals surface area contributed by atoms with Crippen LogP contribution in [0.1, 0.15) is 77.6 Å². The molecule has 0 unspecified atom stereocenters. The molecule has 2 fully saturated rings. The first-order valence-corrected chi connectivity index (χ1v) is 10.3. The van der Waals surface area contributed by atoms with E-state index >= 15 is 0 Å². The summed E-state index contributed by atoms with van der Waals surface area (Å²) in [5, 5.41) is 0. The number of fused-ring (bicyclic) bond motifs is 1. The maximum Gasteiger partial charge on any atom is 0.355 e. The average Bonchev–Trinajstić information content (AvgIpc) is 3.00. The molecule has 7 nitrogen and oxygen atoms in total. The normalized spacial score (nSPS) is 21.8. The maximum atomic E-state index is 12.7. The molecule has 3 rings (SSSR count). The summed E-state index contributed by atoms with van der Waals surface area (Å²) in [6, 6.07) is 0.292. The van der Waals surface area contributed by atoms with E-state index in [1.54, 1.807) is 20.8 Å². The molecule has 0 radical (unpaired) electrons. The molecule has 1 aliphatic heterocycles. The van der Waals surface area contributed by atoms with Gasteiger partial charge in [0.25, 0.3) is 5.91 Å². The van der Waals surface area contributed by atoms with Crippen LogP contribution in [0.15, 0.2) is 0 Å². The lowest BCUT2D eigenvalue weighted by Gasteiger charge is -2.44. The van der Waals surface area contributed by atoms with Crippen molar-refractivity contribution in [2.75, 3.05) is 19.8 Å². The molecule has 1 saturated heterocycles. The van der Waals surface area contributed by atoms with Crippen molar-refractivity contribution in [1.82, 2.24) is 9.88 Å². The number of esters is 2. The van der Waals surface area contributed by atoms with Gasteiger partial charge in [0.15, 0.2) is 6.61 Å². The number of rotatable bonds is 5. The third-order valence-electron chi connectivity index (χ3n) is 6.01. The maximum absolute atomic E-state index is 12.7. The largest absolute Gasteiger partial charge is 0.461 e. The standard InChI is InChI=1S/C21H30N2O5/c1-4-27-21(26)19-13(2)18(14(3)22-19)20(25)28-12-17(24)23-11-7-9-15-8-5-6-10-16(15)23/h15-16,22H,4-12H2,1-3H3/t15-,16-/m0/s1. The molecule has 1 N–H and O–H groups in total. The molecule has 1 saturated carbocycles. The van der Waals surface area contributed by atoms with Crippen LogP contribution in [0, 0.1) is 19.8 Å². The minimum atomic E-state index is -0.590. The molecule has 2 atom stereocenters. The fraction of sp³-hybridized carbons (Fsp3) is 0.667. The van der Waals surface area contributed by atoms with E-state index in [-0.39, 0.29) is 24.8 Å². The Morgan fingerprint density at radius 3 is 2.50 bits per heavy atom. The van der Waals surface area contributed by atoms with Crippen molar-refractivity contribution in [3.05, 3.63) is 22.5 Å². The van der Waals surface area contributed by atoms with Gasteiger partial charge in [-0.3, -0.25) is 4.79 Å². The summed E-state index contributed by atoms with van der Waals surface area (Å²) in [5.41, 5.74) is 1.56. The van der Waals surface area contributed by atoms with E-state index < -0.39 is 11.9 Å². The van der Waals surface area contributed by atoms with E-state index in [0.717, 1.165) is 25.8 Å². The van der Waals surface area contributed by atoms with E-state index in [4.69, 9.17) is 9.47 Å². The number of nitrogens with zero attached hydrogens (tertiary/aromatic N) is 1. The Bertz CT molecular complexity index is 752. The summed E-state index contributed by atoms with van der Waals surface area (Å²) in [5.74, 6) is -0.632. The number of hydrogen-bond donors (Lipinski definition) is 1. The molecular weight excluding hydrogens is 360 g/mol. The summed E-state index contributed by atoms with van der Waals surface area (Å²) in [7, 11) is 0. The molecule has 7 heteroatoms. The first kappa shape index (κ1) is 20.4. The number of piperidine rings is 1. The molecule has 154 valence electrons. The van der Waals surface area contributed by atoms with Gasteiger partial charge in [-0.2, -0.15) is 0 Å². The van der Waals surface area contributed by atoms with Gasteiger partial charge in [-0.1, -0.05) is 12.8 Å². The van der Waals surface area contributed by atoms with Gasteiger partial charge in [0.05, 0.1) is 12.2 Å². The number of carbonyl (C=O) groups excluding carboxylic acids is 3. The van der Waals surface area contributed by atoms with E-state index in [1.165, 1.54) is 19.3 Å². The van der Waals surface area contributed by atoms with Gasteiger partial charge in [0.1, 0.15) is 5.69 Å². The van der Waals surface area contributed by atoms with Gasteiger partial charge in [-0.05, 0) is 57.9 Å². The Kier molecular flexibility index (Phi) is 6.42. The van der Waals surface area contributed by atoms with Crippen LogP contribution in [0.2, 0.25) is 0 Å². The summed E-state index contributed by atoms with van der Waals surface area (Å²) in [4.78, 5) is 42.1. The quantitative estimate of drug-likeness (QED) is 0.780. The molecule has 0 spiro atoms. The Morgan fingerprint density at radius 2 is 1.75 bits per heavy atom. The second kappa shape index (κ2) is 8.80. The van der Waals surface area contributed by atoms with Crippen LogP contribution < -0.4 is 0 Å². The van der Waals surface area contributed by atoms with Gasteiger partial charge >= 0.3 is 11.9 Å². The van der Waals surface area contributed by atoms with Crippen molar-refractivity contribution in [2.24, 2.45) is 5.92 Å². The Hall–Kier alpha value is -2.31. The SMILES string of the molecule is CCOC(=O)c1[nH]c(C)c(C(=O)OCC(=O)N2CCC[C@@H]3CCCC[C@@H]32)c1C. The molecule has 0 aromatic carbocycles. The smallest absolute Gasteiger partial charge is 0.355 e. The van der Waals surface area contributed by atoms with Crippen LogP contribution in [-0.4, -0.2) is 53.5 Å². The predicted molar refractivity (Wildman–Crippen MR) is 103 cm³/mol. The fourth-order valence-corrected chi connectivity index (χ4v) is 4.68. The topological polar surface area (TPSA) is 88.7 Å². The predicted octanol–water partition coefficient (Wildman–Crippen LogP) is 3.15. The zero-order valence-electron chi connectivity index (χ0n) is 17.0. The highest BCUT2D eigenvalue weighted by atomic mass is 16.5. The second-order valence-electron chi connectivity index (χ2n) is 7.76. The molecular formula is C21H30N2O5. The van der Waals surface area contributed by atoms with Crippen molar-refractivity contribution >= 4 is 17.8 Å². The molecule has 28 heavy (non-hydrogen) atoms. The monoisotopic (exact) mass is 390 g/mol. The number of carbonyl (C=O) groups is 3. The lowest BCUT2D eigenvalue weighted by atomic mass is 9.78. The van der Waals surface area contributed by atoms with Gasteiger partial charge in [-0.25, -0.2) is 9.59 Å². The van der Waals surface area contributed by atoms with Crippen LogP contribution in [0.4, 0.5) is 0 Å². The molecule has 1 aromatic heterocycles. The third-order valence-corrected chi connectivity index (χ3v) is 6.01. The van der Waals surface area contributed by atoms with E-state index in [0.29, 0.717) is 28.8 Å². The zero-order valence-corrected chi connectivity index (χ0v) is 17.0. The van der Waals surface area contributed by atoms with Gasteiger partial charge in [-0.15, -0.1) is 0 Å². The van der Waals surface area contributed by atoms with Crippen molar-refractivity contribution < 1.29 is 23.9 Å². The van der Waals surface area contributed by atoms with Crippen molar-refractivity contribution in [1.29, 1.82) is 0 Å². The molecule has 1 aromatic rings. The zero-order chi connectivity index (χ0) is 20.3. The third kappa shape index (κ3) is 4.08. The Morgan fingerprint density at radius 1 is 1.04 bits per heavy atom. The molecule has 0 bridgehead atoms. The highest BCUT2D eigenvalue weighted by Crippen LogP contribution is 2.35. The van der Waals surface area contributed by atoms with Crippen molar-refractivity contribution in [2.45, 2.75) is 65.3 Å². The number of aromatic nitrogens is 1. The van der Waals surface area contributed by atoms with E-state index in [2.05, 4.69) is 4.98 Å². The lowest BCUT2D eigenvalue weighted by Crippen LogP contribution is -2.50. The fourth-order valence-electron chi connectivity index (χ4n) is 4.68. The Labute approximate surface area is 165 Å². The van der Waals surface area contributed by atoms with Gasteiger partial charge in [0.2, 0.25) is 0 Å². The number of hydrogen-bond acceptors (Lipinski definition) is 5. The summed E-state index contributed by atoms with van der Waals surface area (Å²) < 4.78 is 10.3. The highest BCUT2D eigenvalue weighted by molar-refractivity contribution is 5.99. The summed E-state index contributed by atoms with van der Waals surface area (Å²) in [6.07, 6.45) is 6.83. The molecule has 2 aliphatic rings. The number of H-pyrrole nitrogens is 1. The first-order valence-electron chi connectivity index (χ1n) is 10.3. The Balaban J connectivity index is 1.64. The van der Waals surface area contributed by atoms with Crippen molar-refractivity contribution in [3.63, 3.8) is 0 Å². The minimum absolute atomic E-state index is 0.124. The number of amides is 1. The summed E-state index contributed by atoms with van der Waals surface area (Å²) >= 11 is 0. The van der Waals surface area contributed by atoms with E-state index in [9.17, 15) is 14.4 Å². The average molecular weight is 390 g/mol. The molecule has 1 aliphatic carbocycles. The van der Waals surface area contributed by atoms with Crippen molar-refractivity contribution in [3.8, 4) is 0 Å². The van der Waals surface area contributed by atoms with Crippen LogP contribution in [0.25, 0.3) is 0 Å². The number of aryl methyl sites for hydroxylation is 1. The number of aromatic amines is 1. The summed E-state index contributed by atoms with van der Waals surface area (Å²) in [6.45, 7) is 5.83. The number of likely N-dealkylation sites (tertiary alicyclic amines) is 1. The van der Waals surface area contributed by atoms with E-state index in [1.807, 2.05) is 4.90 Å². The number of nitrogens with one attached hydrogen (secondary N) is 1. The minimum Gasteiger partial charge on any atom is -0.461 e. The van der Waals surface area contributed by atoms with Gasteiger partial charge < -0.3 is 19.4 Å². The van der Waals surface area contributed by atoms with Gasteiger partial charge in [0, 0.05) is 18.3 Å². The highest BCUT2D eigenvalue weighted by Gasteiger charge is 2.36. The first-order chi connectivity index (χ1) is 13.4. The van der Waals surface area contributed by atoms with Crippen LogP contribution in [0.5, 0.6) is 0 Å².